The van der Waals surface area contributed by atoms with Crippen LogP contribution in [0.15, 0.2) is 24.3 Å². The molecule has 4 aliphatic carbocycles. The number of hydrogen-bond donors (Lipinski definition) is 2. The lowest BCUT2D eigenvalue weighted by atomic mass is 9.49. The Labute approximate surface area is 154 Å². The van der Waals surface area contributed by atoms with E-state index in [4.69, 9.17) is 17.0 Å². The maximum absolute atomic E-state index is 12.4. The zero-order valence-electron chi connectivity index (χ0n) is 14.7. The molecule has 0 aromatic heterocycles. The van der Waals surface area contributed by atoms with Crippen molar-refractivity contribution in [3.63, 3.8) is 0 Å². The molecule has 0 atom stereocenters. The predicted molar refractivity (Wildman–Crippen MR) is 103 cm³/mol. The average molecular weight is 359 g/mol. The monoisotopic (exact) mass is 358 g/mol. The third kappa shape index (κ3) is 3.52. The molecule has 4 nitrogen and oxygen atoms in total. The standard InChI is InChI=1S/C20H26N2O2S/c1-24-17-4-2-16(3-5-17)22-19(25)18(23)21-12-20-9-13-6-14(10-20)8-15(7-13)11-20/h2-5,13-15H,6-12H2,1H3,(H,21,23)(H,22,25). The lowest BCUT2D eigenvalue weighted by molar-refractivity contribution is -0.116. The molecule has 0 heterocycles. The number of nitrogens with one attached hydrogen (secondary N) is 2. The van der Waals surface area contributed by atoms with Crippen molar-refractivity contribution in [2.75, 3.05) is 19.0 Å². The zero-order valence-corrected chi connectivity index (χ0v) is 15.5. The van der Waals surface area contributed by atoms with Gasteiger partial charge in [0.15, 0.2) is 4.99 Å². The molecule has 5 rings (SSSR count). The topological polar surface area (TPSA) is 50.4 Å². The van der Waals surface area contributed by atoms with E-state index in [1.165, 1.54) is 38.5 Å². The predicted octanol–water partition coefficient (Wildman–Crippen LogP) is 3.77. The number of anilines is 1. The SMILES string of the molecule is COc1ccc(NC(=S)C(=O)NCC23CC4CC(CC(C4)C2)C3)cc1. The van der Waals surface area contributed by atoms with Crippen LogP contribution in [0.3, 0.4) is 0 Å². The van der Waals surface area contributed by atoms with Crippen molar-refractivity contribution in [1.29, 1.82) is 0 Å². The van der Waals surface area contributed by atoms with Crippen LogP contribution >= 0.6 is 12.2 Å². The molecule has 1 amide bonds. The average Bonchev–Trinajstić information content (AvgIpc) is 2.59. The lowest BCUT2D eigenvalue weighted by Crippen LogP contribution is -2.52. The van der Waals surface area contributed by atoms with Gasteiger partial charge in [-0.15, -0.1) is 0 Å². The van der Waals surface area contributed by atoms with Gasteiger partial charge in [0.1, 0.15) is 5.75 Å². The van der Waals surface area contributed by atoms with E-state index in [9.17, 15) is 4.79 Å². The van der Waals surface area contributed by atoms with Gasteiger partial charge in [0.2, 0.25) is 0 Å². The molecular weight excluding hydrogens is 332 g/mol. The van der Waals surface area contributed by atoms with E-state index in [1.54, 1.807) is 7.11 Å². The number of benzene rings is 1. The molecular formula is C20H26N2O2S. The van der Waals surface area contributed by atoms with Gasteiger partial charge in [-0.3, -0.25) is 4.79 Å². The Balaban J connectivity index is 1.32. The molecule has 5 heteroatoms. The van der Waals surface area contributed by atoms with Gasteiger partial charge in [-0.05, 0) is 86.0 Å². The van der Waals surface area contributed by atoms with Gasteiger partial charge in [0.25, 0.3) is 5.91 Å². The second-order valence-electron chi connectivity index (χ2n) is 8.28. The highest BCUT2D eigenvalue weighted by atomic mass is 32.1. The number of methoxy groups -OCH3 is 1. The van der Waals surface area contributed by atoms with Crippen LogP contribution in [-0.2, 0) is 4.79 Å². The molecule has 4 saturated carbocycles. The molecule has 134 valence electrons. The molecule has 0 saturated heterocycles. The summed E-state index contributed by atoms with van der Waals surface area (Å²) in [5.41, 5.74) is 1.14. The van der Waals surface area contributed by atoms with Gasteiger partial charge in [0, 0.05) is 12.2 Å². The summed E-state index contributed by atoms with van der Waals surface area (Å²) in [6, 6.07) is 7.41. The summed E-state index contributed by atoms with van der Waals surface area (Å²) >= 11 is 5.27. The second kappa shape index (κ2) is 6.60. The van der Waals surface area contributed by atoms with Crippen LogP contribution in [0.2, 0.25) is 0 Å². The van der Waals surface area contributed by atoms with Crippen molar-refractivity contribution in [1.82, 2.24) is 5.32 Å². The van der Waals surface area contributed by atoms with Crippen molar-refractivity contribution in [3.05, 3.63) is 24.3 Å². The zero-order chi connectivity index (χ0) is 17.4. The molecule has 0 unspecified atom stereocenters. The maximum atomic E-state index is 12.4. The Kier molecular flexibility index (Phi) is 4.44. The summed E-state index contributed by atoms with van der Waals surface area (Å²) in [4.78, 5) is 12.7. The van der Waals surface area contributed by atoms with E-state index in [0.29, 0.717) is 5.41 Å². The van der Waals surface area contributed by atoms with Crippen molar-refractivity contribution in [2.45, 2.75) is 38.5 Å². The Bertz CT molecular complexity index is 635. The molecule has 4 aliphatic rings. The van der Waals surface area contributed by atoms with Gasteiger partial charge in [-0.2, -0.15) is 0 Å². The highest BCUT2D eigenvalue weighted by Crippen LogP contribution is 2.59. The van der Waals surface area contributed by atoms with Gasteiger partial charge >= 0.3 is 0 Å². The van der Waals surface area contributed by atoms with E-state index < -0.39 is 0 Å². The first kappa shape index (κ1) is 16.8. The Hall–Kier alpha value is -1.62. The molecule has 2 N–H and O–H groups in total. The van der Waals surface area contributed by atoms with Crippen LogP contribution in [0, 0.1) is 23.2 Å². The molecule has 1 aromatic rings. The van der Waals surface area contributed by atoms with Gasteiger partial charge in [0.05, 0.1) is 7.11 Å². The number of ether oxygens (including phenoxy) is 1. The number of carbonyl (C=O) groups excluding carboxylic acids is 1. The number of amides is 1. The van der Waals surface area contributed by atoms with E-state index in [2.05, 4.69) is 10.6 Å². The molecule has 4 fully saturated rings. The van der Waals surface area contributed by atoms with E-state index in [-0.39, 0.29) is 10.9 Å². The summed E-state index contributed by atoms with van der Waals surface area (Å²) in [7, 11) is 1.63. The Morgan fingerprint density at radius 1 is 1.12 bits per heavy atom. The van der Waals surface area contributed by atoms with Crippen molar-refractivity contribution in [2.24, 2.45) is 23.2 Å². The minimum absolute atomic E-state index is 0.165. The quantitative estimate of drug-likeness (QED) is 0.805. The molecule has 0 radical (unpaired) electrons. The summed E-state index contributed by atoms with van der Waals surface area (Å²) in [6.07, 6.45) is 8.13. The number of rotatable bonds is 4. The molecule has 4 bridgehead atoms. The highest BCUT2D eigenvalue weighted by molar-refractivity contribution is 7.82. The van der Waals surface area contributed by atoms with Crippen LogP contribution in [0.4, 0.5) is 5.69 Å². The third-order valence-electron chi connectivity index (χ3n) is 6.34. The third-order valence-corrected chi connectivity index (χ3v) is 6.63. The van der Waals surface area contributed by atoms with Crippen molar-refractivity contribution >= 4 is 28.8 Å². The fourth-order valence-electron chi connectivity index (χ4n) is 5.72. The normalized spacial score (nSPS) is 32.3. The van der Waals surface area contributed by atoms with Crippen LogP contribution in [0.25, 0.3) is 0 Å². The van der Waals surface area contributed by atoms with Crippen LogP contribution in [0.5, 0.6) is 5.75 Å². The van der Waals surface area contributed by atoms with Gasteiger partial charge in [-0.1, -0.05) is 12.2 Å². The van der Waals surface area contributed by atoms with Crippen LogP contribution in [-0.4, -0.2) is 24.6 Å². The lowest BCUT2D eigenvalue weighted by Gasteiger charge is -2.56. The smallest absolute Gasteiger partial charge is 0.279 e. The van der Waals surface area contributed by atoms with E-state index in [0.717, 1.165) is 35.7 Å². The molecule has 1 aromatic carbocycles. The van der Waals surface area contributed by atoms with Crippen LogP contribution in [0.1, 0.15) is 38.5 Å². The Morgan fingerprint density at radius 3 is 2.20 bits per heavy atom. The summed E-state index contributed by atoms with van der Waals surface area (Å²) < 4.78 is 5.14. The first-order chi connectivity index (χ1) is 12.0. The molecule has 0 aliphatic heterocycles. The van der Waals surface area contributed by atoms with Crippen molar-refractivity contribution in [3.8, 4) is 5.75 Å². The summed E-state index contributed by atoms with van der Waals surface area (Å²) in [6.45, 7) is 0.778. The van der Waals surface area contributed by atoms with Gasteiger partial charge < -0.3 is 15.4 Å². The summed E-state index contributed by atoms with van der Waals surface area (Å²) in [5.74, 6) is 3.30. The van der Waals surface area contributed by atoms with Gasteiger partial charge in [-0.25, -0.2) is 0 Å². The number of carbonyl (C=O) groups is 1. The second-order valence-corrected chi connectivity index (χ2v) is 8.69. The minimum Gasteiger partial charge on any atom is -0.497 e. The molecule has 0 spiro atoms. The highest BCUT2D eigenvalue weighted by Gasteiger charge is 2.50. The largest absolute Gasteiger partial charge is 0.497 e. The van der Waals surface area contributed by atoms with Crippen LogP contribution < -0.4 is 15.4 Å². The first-order valence-corrected chi connectivity index (χ1v) is 9.69. The summed E-state index contributed by atoms with van der Waals surface area (Å²) in [5, 5.41) is 6.13. The van der Waals surface area contributed by atoms with E-state index >= 15 is 0 Å². The molecule has 25 heavy (non-hydrogen) atoms. The fourth-order valence-corrected chi connectivity index (χ4v) is 5.91. The Morgan fingerprint density at radius 2 is 1.68 bits per heavy atom. The number of thiocarbonyl (C=S) groups is 1. The fraction of sp³-hybridized carbons (Fsp3) is 0.600. The number of hydrogen-bond acceptors (Lipinski definition) is 3. The van der Waals surface area contributed by atoms with Crippen molar-refractivity contribution < 1.29 is 9.53 Å². The van der Waals surface area contributed by atoms with E-state index in [1.807, 2.05) is 24.3 Å². The maximum Gasteiger partial charge on any atom is 0.279 e. The first-order valence-electron chi connectivity index (χ1n) is 9.28. The minimum atomic E-state index is -0.165.